The van der Waals surface area contributed by atoms with Crippen LogP contribution in [-0.2, 0) is 6.18 Å². The maximum atomic E-state index is 13.6. The highest BCUT2D eigenvalue weighted by Gasteiger charge is 2.34. The van der Waals surface area contributed by atoms with Crippen molar-refractivity contribution in [3.8, 4) is 0 Å². The average molecular weight is 471 g/mol. The molecular formula is C21H12Cl2F4N2O2. The fraction of sp³-hybridized carbons (Fsp3) is 0.0476. The molecule has 0 spiro atoms. The van der Waals surface area contributed by atoms with Crippen LogP contribution in [0, 0.1) is 5.82 Å². The summed E-state index contributed by atoms with van der Waals surface area (Å²) in [7, 11) is 0. The van der Waals surface area contributed by atoms with E-state index in [1.54, 1.807) is 0 Å². The first-order valence-electron chi connectivity index (χ1n) is 8.59. The summed E-state index contributed by atoms with van der Waals surface area (Å²) in [6.07, 6.45) is -4.82. The third-order valence-corrected chi connectivity index (χ3v) is 4.86. The molecular weight excluding hydrogens is 459 g/mol. The summed E-state index contributed by atoms with van der Waals surface area (Å²) < 4.78 is 53.6. The van der Waals surface area contributed by atoms with E-state index in [-0.39, 0.29) is 26.9 Å². The van der Waals surface area contributed by atoms with Gasteiger partial charge in [0.15, 0.2) is 0 Å². The number of hydrogen-bond donors (Lipinski definition) is 2. The van der Waals surface area contributed by atoms with Gasteiger partial charge in [-0.15, -0.1) is 0 Å². The molecule has 0 radical (unpaired) electrons. The quantitative estimate of drug-likeness (QED) is 0.419. The molecule has 0 atom stereocenters. The molecule has 4 nitrogen and oxygen atoms in total. The number of nitrogens with one attached hydrogen (secondary N) is 2. The number of anilines is 2. The number of halogens is 6. The van der Waals surface area contributed by atoms with Crippen LogP contribution in [0.2, 0.25) is 10.0 Å². The van der Waals surface area contributed by atoms with Gasteiger partial charge in [-0.3, -0.25) is 9.59 Å². The van der Waals surface area contributed by atoms with Crippen LogP contribution < -0.4 is 10.6 Å². The molecule has 0 saturated heterocycles. The molecule has 31 heavy (non-hydrogen) atoms. The Hall–Kier alpha value is -3.10. The van der Waals surface area contributed by atoms with Crippen LogP contribution in [0.3, 0.4) is 0 Å². The molecule has 3 aromatic carbocycles. The largest absolute Gasteiger partial charge is 0.418 e. The zero-order valence-electron chi connectivity index (χ0n) is 15.4. The third kappa shape index (κ3) is 5.53. The smallest absolute Gasteiger partial charge is 0.322 e. The monoisotopic (exact) mass is 470 g/mol. The predicted octanol–water partition coefficient (Wildman–Crippen LogP) is 6.66. The minimum atomic E-state index is -4.82. The molecule has 0 aromatic heterocycles. The molecule has 0 aliphatic carbocycles. The zero-order chi connectivity index (χ0) is 22.8. The van der Waals surface area contributed by atoms with E-state index in [2.05, 4.69) is 10.6 Å². The fourth-order valence-electron chi connectivity index (χ4n) is 2.60. The third-order valence-electron chi connectivity index (χ3n) is 4.12. The van der Waals surface area contributed by atoms with Crippen molar-refractivity contribution < 1.29 is 27.2 Å². The van der Waals surface area contributed by atoms with E-state index in [0.717, 1.165) is 18.2 Å². The Kier molecular flexibility index (Phi) is 6.52. The zero-order valence-corrected chi connectivity index (χ0v) is 16.9. The number of carbonyl (C=O) groups is 2. The summed E-state index contributed by atoms with van der Waals surface area (Å²) in [6, 6.07) is 11.3. The molecule has 160 valence electrons. The first kappa shape index (κ1) is 22.6. The van der Waals surface area contributed by atoms with Gasteiger partial charge in [-0.2, -0.15) is 13.2 Å². The van der Waals surface area contributed by atoms with Crippen molar-refractivity contribution in [1.29, 1.82) is 0 Å². The molecule has 0 heterocycles. The van der Waals surface area contributed by atoms with Crippen LogP contribution in [0.5, 0.6) is 0 Å². The standard InChI is InChI=1S/C21H12Cl2F4N2O2/c22-16-7-3-12(9-17(16)23)20(31)29-18-8-6-14(10-15(18)21(25,26)27)28-19(30)11-1-4-13(24)5-2-11/h1-10H,(H,28,30)(H,29,31). The van der Waals surface area contributed by atoms with Crippen molar-refractivity contribution in [2.45, 2.75) is 6.18 Å². The van der Waals surface area contributed by atoms with Gasteiger partial charge in [-0.1, -0.05) is 23.2 Å². The van der Waals surface area contributed by atoms with Crippen molar-refractivity contribution in [3.05, 3.63) is 93.2 Å². The lowest BCUT2D eigenvalue weighted by Gasteiger charge is -2.16. The maximum Gasteiger partial charge on any atom is 0.418 e. The highest BCUT2D eigenvalue weighted by molar-refractivity contribution is 6.42. The Morgan fingerprint density at radius 3 is 1.97 bits per heavy atom. The van der Waals surface area contributed by atoms with Crippen molar-refractivity contribution in [1.82, 2.24) is 0 Å². The Labute approximate surface area is 183 Å². The average Bonchev–Trinajstić information content (AvgIpc) is 2.70. The van der Waals surface area contributed by atoms with E-state index < -0.39 is 35.1 Å². The van der Waals surface area contributed by atoms with E-state index in [1.165, 1.54) is 36.4 Å². The normalized spacial score (nSPS) is 11.2. The van der Waals surface area contributed by atoms with E-state index in [4.69, 9.17) is 23.2 Å². The lowest BCUT2D eigenvalue weighted by molar-refractivity contribution is -0.136. The van der Waals surface area contributed by atoms with Gasteiger partial charge in [0, 0.05) is 16.8 Å². The first-order chi connectivity index (χ1) is 14.5. The molecule has 3 aromatic rings. The van der Waals surface area contributed by atoms with Gasteiger partial charge in [0.2, 0.25) is 0 Å². The molecule has 2 amide bonds. The molecule has 10 heteroatoms. The molecule has 0 aliphatic rings. The van der Waals surface area contributed by atoms with Gasteiger partial charge in [0.25, 0.3) is 11.8 Å². The second-order valence-electron chi connectivity index (χ2n) is 6.30. The van der Waals surface area contributed by atoms with Gasteiger partial charge >= 0.3 is 6.18 Å². The molecule has 0 bridgehead atoms. The highest BCUT2D eigenvalue weighted by atomic mass is 35.5. The Bertz CT molecular complexity index is 1150. The van der Waals surface area contributed by atoms with Gasteiger partial charge < -0.3 is 10.6 Å². The van der Waals surface area contributed by atoms with Gasteiger partial charge in [-0.25, -0.2) is 4.39 Å². The van der Waals surface area contributed by atoms with Crippen LogP contribution in [0.4, 0.5) is 28.9 Å². The lowest BCUT2D eigenvalue weighted by Crippen LogP contribution is -2.18. The number of rotatable bonds is 4. The Morgan fingerprint density at radius 2 is 1.35 bits per heavy atom. The topological polar surface area (TPSA) is 58.2 Å². The molecule has 0 aliphatic heterocycles. The minimum Gasteiger partial charge on any atom is -0.322 e. The number of alkyl halides is 3. The molecule has 3 rings (SSSR count). The van der Waals surface area contributed by atoms with Crippen LogP contribution in [0.25, 0.3) is 0 Å². The van der Waals surface area contributed by atoms with Crippen molar-refractivity contribution in [2.24, 2.45) is 0 Å². The summed E-state index contributed by atoms with van der Waals surface area (Å²) in [6.45, 7) is 0. The van der Waals surface area contributed by atoms with Gasteiger partial charge in [0.05, 0.1) is 21.3 Å². The summed E-state index contributed by atoms with van der Waals surface area (Å²) in [5.41, 5.74) is -1.77. The first-order valence-corrected chi connectivity index (χ1v) is 9.35. The van der Waals surface area contributed by atoms with Crippen LogP contribution in [-0.4, -0.2) is 11.8 Å². The second-order valence-corrected chi connectivity index (χ2v) is 7.12. The van der Waals surface area contributed by atoms with E-state index in [9.17, 15) is 27.2 Å². The van der Waals surface area contributed by atoms with Gasteiger partial charge in [-0.05, 0) is 60.7 Å². The Balaban J connectivity index is 1.86. The maximum absolute atomic E-state index is 13.6. The van der Waals surface area contributed by atoms with Crippen molar-refractivity contribution in [2.75, 3.05) is 10.6 Å². The van der Waals surface area contributed by atoms with Crippen molar-refractivity contribution >= 4 is 46.4 Å². The molecule has 2 N–H and O–H groups in total. The number of amides is 2. The van der Waals surface area contributed by atoms with Gasteiger partial charge in [0.1, 0.15) is 5.82 Å². The summed E-state index contributed by atoms with van der Waals surface area (Å²) in [4.78, 5) is 24.5. The minimum absolute atomic E-state index is 0.0104. The van der Waals surface area contributed by atoms with E-state index in [0.29, 0.717) is 6.07 Å². The summed E-state index contributed by atoms with van der Waals surface area (Å²) >= 11 is 11.6. The predicted molar refractivity (Wildman–Crippen MR) is 110 cm³/mol. The highest BCUT2D eigenvalue weighted by Crippen LogP contribution is 2.37. The van der Waals surface area contributed by atoms with Crippen LogP contribution in [0.1, 0.15) is 26.3 Å². The van der Waals surface area contributed by atoms with E-state index in [1.807, 2.05) is 0 Å². The van der Waals surface area contributed by atoms with Crippen LogP contribution in [0.15, 0.2) is 60.7 Å². The fourth-order valence-corrected chi connectivity index (χ4v) is 2.90. The molecule has 0 fully saturated rings. The molecule has 0 saturated carbocycles. The number of benzene rings is 3. The lowest BCUT2D eigenvalue weighted by atomic mass is 10.1. The second kappa shape index (κ2) is 8.95. The Morgan fingerprint density at radius 1 is 0.742 bits per heavy atom. The number of hydrogen-bond acceptors (Lipinski definition) is 2. The summed E-state index contributed by atoms with van der Waals surface area (Å²) in [5, 5.41) is 4.76. The van der Waals surface area contributed by atoms with Crippen LogP contribution >= 0.6 is 23.2 Å². The summed E-state index contributed by atoms with van der Waals surface area (Å²) in [5.74, 6) is -2.11. The number of carbonyl (C=O) groups excluding carboxylic acids is 2. The van der Waals surface area contributed by atoms with Crippen molar-refractivity contribution in [3.63, 3.8) is 0 Å². The molecule has 0 unspecified atom stereocenters. The SMILES string of the molecule is O=C(Nc1ccc(NC(=O)c2ccc(Cl)c(Cl)c2)c(C(F)(F)F)c1)c1ccc(F)cc1. The van der Waals surface area contributed by atoms with E-state index >= 15 is 0 Å².